The molecule has 1 aromatic heterocycles. The number of nitrogens with one attached hydrogen (secondary N) is 1. The van der Waals surface area contributed by atoms with Crippen molar-refractivity contribution in [3.8, 4) is 11.4 Å². The van der Waals surface area contributed by atoms with E-state index >= 15 is 0 Å². The zero-order valence-electron chi connectivity index (χ0n) is 9.74. The minimum absolute atomic E-state index is 0.306. The first-order valence-electron chi connectivity index (χ1n) is 5.49. The third-order valence-corrected chi connectivity index (χ3v) is 3.49. The molecule has 0 atom stereocenters. The highest BCUT2D eigenvalue weighted by molar-refractivity contribution is 7.89. The van der Waals surface area contributed by atoms with Crippen LogP contribution in [0.1, 0.15) is 0 Å². The monoisotopic (exact) mass is 274 g/mol. The number of benzene rings is 2. The maximum atomic E-state index is 11.2. The second-order valence-corrected chi connectivity index (χ2v) is 5.51. The van der Waals surface area contributed by atoms with Crippen LogP contribution in [0.2, 0.25) is 0 Å². The summed E-state index contributed by atoms with van der Waals surface area (Å²) in [5, 5.41) is 12.9. The normalized spacial score (nSPS) is 11.8. The van der Waals surface area contributed by atoms with Gasteiger partial charge in [-0.1, -0.05) is 42.5 Å². The van der Waals surface area contributed by atoms with Gasteiger partial charge in [0.1, 0.15) is 0 Å². The number of aromatic nitrogens is 3. The Morgan fingerprint density at radius 1 is 1.05 bits per heavy atom. The molecule has 7 heteroatoms. The van der Waals surface area contributed by atoms with Crippen LogP contribution in [0, 0.1) is 0 Å². The molecule has 0 saturated heterocycles. The van der Waals surface area contributed by atoms with Gasteiger partial charge in [-0.25, -0.2) is 18.7 Å². The van der Waals surface area contributed by atoms with E-state index in [4.69, 9.17) is 5.14 Å². The number of hydrogen-bond donors (Lipinski definition) is 2. The molecule has 0 aliphatic carbocycles. The molecule has 0 aliphatic heterocycles. The molecule has 3 rings (SSSR count). The fourth-order valence-corrected chi connectivity index (χ4v) is 2.30. The smallest absolute Gasteiger partial charge is 0.248 e. The van der Waals surface area contributed by atoms with Gasteiger partial charge in [-0.15, -0.1) is 0 Å². The predicted octanol–water partition coefficient (Wildman–Crippen LogP) is 1.27. The summed E-state index contributed by atoms with van der Waals surface area (Å²) in [4.78, 5) is 3.92. The lowest BCUT2D eigenvalue weighted by Crippen LogP contribution is -2.13. The lowest BCUT2D eigenvalue weighted by molar-refractivity contribution is 0.589. The van der Waals surface area contributed by atoms with Gasteiger partial charge in [-0.2, -0.15) is 10.1 Å². The lowest BCUT2D eigenvalue weighted by Gasteiger charge is -2.01. The number of primary sulfonamides is 1. The summed E-state index contributed by atoms with van der Waals surface area (Å²) in [6, 6.07) is 13.4. The van der Waals surface area contributed by atoms with Crippen molar-refractivity contribution in [1.82, 2.24) is 15.2 Å². The van der Waals surface area contributed by atoms with Crippen LogP contribution in [0.25, 0.3) is 22.2 Å². The summed E-state index contributed by atoms with van der Waals surface area (Å²) in [7, 11) is -3.87. The number of H-pyrrole nitrogens is 1. The van der Waals surface area contributed by atoms with Crippen molar-refractivity contribution >= 4 is 20.8 Å². The second-order valence-electron chi connectivity index (χ2n) is 4.04. The van der Waals surface area contributed by atoms with Gasteiger partial charge in [0, 0.05) is 5.56 Å². The zero-order valence-corrected chi connectivity index (χ0v) is 10.6. The highest BCUT2D eigenvalue weighted by Gasteiger charge is 2.16. The molecule has 2 aromatic carbocycles. The molecule has 0 radical (unpaired) electrons. The summed E-state index contributed by atoms with van der Waals surface area (Å²) in [6.45, 7) is 0. The largest absolute Gasteiger partial charge is 0.273 e. The fraction of sp³-hybridized carbons (Fsp3) is 0. The van der Waals surface area contributed by atoms with E-state index in [-0.39, 0.29) is 5.16 Å². The average Bonchev–Trinajstić information content (AvgIpc) is 2.87. The van der Waals surface area contributed by atoms with Gasteiger partial charge >= 0.3 is 0 Å². The van der Waals surface area contributed by atoms with Crippen molar-refractivity contribution < 1.29 is 8.42 Å². The summed E-state index contributed by atoms with van der Waals surface area (Å²) in [5.74, 6) is 0.306. The van der Waals surface area contributed by atoms with E-state index in [1.54, 1.807) is 0 Å². The molecule has 0 bridgehead atoms. The Balaban J connectivity index is 2.23. The first-order chi connectivity index (χ1) is 9.05. The molecular formula is C12H10N4O2S. The van der Waals surface area contributed by atoms with Gasteiger partial charge in [-0.05, 0) is 10.8 Å². The van der Waals surface area contributed by atoms with Gasteiger partial charge in [0.25, 0.3) is 15.2 Å². The van der Waals surface area contributed by atoms with E-state index in [2.05, 4.69) is 15.2 Å². The molecule has 3 N–H and O–H groups in total. The van der Waals surface area contributed by atoms with Crippen LogP contribution in [0.15, 0.2) is 47.6 Å². The maximum absolute atomic E-state index is 11.2. The Bertz CT molecular complexity index is 850. The van der Waals surface area contributed by atoms with E-state index in [1.165, 1.54) is 0 Å². The summed E-state index contributed by atoms with van der Waals surface area (Å²) in [5.41, 5.74) is 0.754. The molecule has 3 aromatic rings. The highest BCUT2D eigenvalue weighted by Crippen LogP contribution is 2.26. The van der Waals surface area contributed by atoms with Crippen LogP contribution < -0.4 is 5.14 Å². The topological polar surface area (TPSA) is 102 Å². The van der Waals surface area contributed by atoms with E-state index in [0.29, 0.717) is 5.82 Å². The highest BCUT2D eigenvalue weighted by atomic mass is 32.2. The molecule has 0 spiro atoms. The van der Waals surface area contributed by atoms with Crippen LogP contribution in [0.3, 0.4) is 0 Å². The van der Waals surface area contributed by atoms with Gasteiger partial charge in [0.2, 0.25) is 0 Å². The summed E-state index contributed by atoms with van der Waals surface area (Å²) < 4.78 is 22.4. The molecule has 0 saturated carbocycles. The molecular weight excluding hydrogens is 264 g/mol. The van der Waals surface area contributed by atoms with Crippen LogP contribution in [-0.2, 0) is 10.0 Å². The van der Waals surface area contributed by atoms with Crippen LogP contribution >= 0.6 is 0 Å². The summed E-state index contributed by atoms with van der Waals surface area (Å²) >= 11 is 0. The third-order valence-electron chi connectivity index (χ3n) is 2.76. The molecule has 0 unspecified atom stereocenters. The van der Waals surface area contributed by atoms with Gasteiger partial charge in [0.05, 0.1) is 0 Å². The minimum Gasteiger partial charge on any atom is -0.248 e. The van der Waals surface area contributed by atoms with Crippen molar-refractivity contribution in [1.29, 1.82) is 0 Å². The summed E-state index contributed by atoms with van der Waals surface area (Å²) in [6.07, 6.45) is 0. The number of nitrogens with two attached hydrogens (primary N) is 1. The quantitative estimate of drug-likeness (QED) is 0.734. The molecule has 0 fully saturated rings. The Morgan fingerprint density at radius 3 is 2.53 bits per heavy atom. The number of sulfonamides is 1. The SMILES string of the molecule is NS(=O)(=O)c1nc(-c2cccc3ccccc23)n[nH]1. The number of rotatable bonds is 2. The van der Waals surface area contributed by atoms with Crippen molar-refractivity contribution in [2.75, 3.05) is 0 Å². The average molecular weight is 274 g/mol. The first-order valence-corrected chi connectivity index (χ1v) is 7.04. The zero-order chi connectivity index (χ0) is 13.5. The number of fused-ring (bicyclic) bond motifs is 1. The van der Waals surface area contributed by atoms with E-state index < -0.39 is 10.0 Å². The molecule has 6 nitrogen and oxygen atoms in total. The van der Waals surface area contributed by atoms with Crippen molar-refractivity contribution in [2.24, 2.45) is 5.14 Å². The van der Waals surface area contributed by atoms with Gasteiger partial charge < -0.3 is 0 Å². The predicted molar refractivity (Wildman–Crippen MR) is 70.7 cm³/mol. The lowest BCUT2D eigenvalue weighted by atomic mass is 10.0. The standard InChI is InChI=1S/C12H10N4O2S/c13-19(17,18)12-14-11(15-16-12)10-7-3-5-8-4-1-2-6-9(8)10/h1-7H,(H2,13,17,18)(H,14,15,16). The van der Waals surface area contributed by atoms with Crippen molar-refractivity contribution in [3.05, 3.63) is 42.5 Å². The number of nitrogens with zero attached hydrogens (tertiary/aromatic N) is 2. The van der Waals surface area contributed by atoms with Gasteiger partial charge in [-0.3, -0.25) is 0 Å². The Labute approximate surface area is 109 Å². The van der Waals surface area contributed by atoms with Crippen LogP contribution in [-0.4, -0.2) is 23.6 Å². The van der Waals surface area contributed by atoms with Crippen LogP contribution in [0.4, 0.5) is 0 Å². The maximum Gasteiger partial charge on any atom is 0.273 e. The van der Waals surface area contributed by atoms with E-state index in [0.717, 1.165) is 16.3 Å². The number of hydrogen-bond acceptors (Lipinski definition) is 4. The van der Waals surface area contributed by atoms with E-state index in [9.17, 15) is 8.42 Å². The Morgan fingerprint density at radius 2 is 1.79 bits per heavy atom. The Hall–Kier alpha value is -2.25. The van der Waals surface area contributed by atoms with Gasteiger partial charge in [0.15, 0.2) is 5.82 Å². The number of aromatic amines is 1. The fourth-order valence-electron chi connectivity index (χ4n) is 1.92. The molecule has 96 valence electrons. The first kappa shape index (κ1) is 11.8. The van der Waals surface area contributed by atoms with E-state index in [1.807, 2.05) is 42.5 Å². The Kier molecular flexibility index (Phi) is 2.58. The molecule has 0 aliphatic rings. The molecule has 1 heterocycles. The minimum atomic E-state index is -3.87. The van der Waals surface area contributed by atoms with Crippen LogP contribution in [0.5, 0.6) is 0 Å². The van der Waals surface area contributed by atoms with Crippen molar-refractivity contribution in [3.63, 3.8) is 0 Å². The second kappa shape index (κ2) is 4.15. The third kappa shape index (κ3) is 2.09. The molecule has 19 heavy (non-hydrogen) atoms. The molecule has 0 amide bonds. The van der Waals surface area contributed by atoms with Crippen molar-refractivity contribution in [2.45, 2.75) is 5.16 Å².